The number of rotatable bonds is 26. The van der Waals surface area contributed by atoms with E-state index in [0.717, 1.165) is 35.7 Å². The predicted molar refractivity (Wildman–Crippen MR) is 295 cm³/mol. The van der Waals surface area contributed by atoms with E-state index in [1.807, 2.05) is 6.07 Å². The minimum absolute atomic E-state index is 0.0912. The minimum atomic E-state index is -0.659. The Bertz CT molecular complexity index is 2950. The van der Waals surface area contributed by atoms with Crippen molar-refractivity contribution in [3.63, 3.8) is 0 Å². The lowest BCUT2D eigenvalue weighted by molar-refractivity contribution is -0.153. The number of thioether (sulfide) groups is 2. The van der Waals surface area contributed by atoms with Crippen molar-refractivity contribution in [3.8, 4) is 29.1 Å². The monoisotopic (exact) mass is 1190 g/mol. The van der Waals surface area contributed by atoms with Crippen LogP contribution < -0.4 is 18.9 Å². The Morgan fingerprint density at radius 2 is 0.821 bits per heavy atom. The van der Waals surface area contributed by atoms with E-state index >= 15 is 0 Å². The van der Waals surface area contributed by atoms with Gasteiger partial charge >= 0.3 is 59.7 Å². The smallest absolute Gasteiger partial charge is 0.330 e. The highest BCUT2D eigenvalue weighted by Gasteiger charge is 2.37. The second-order valence-corrected chi connectivity index (χ2v) is 21.6. The lowest BCUT2D eigenvalue weighted by Gasteiger charge is -2.26. The molecule has 0 aromatic heterocycles. The van der Waals surface area contributed by atoms with Crippen LogP contribution in [-0.4, -0.2) is 86.1 Å². The second kappa shape index (κ2) is 32.2. The fourth-order valence-corrected chi connectivity index (χ4v) is 11.2. The number of ether oxygens (including phenoxy) is 10. The van der Waals surface area contributed by atoms with Gasteiger partial charge in [0, 0.05) is 12.2 Å². The third kappa shape index (κ3) is 19.4. The van der Waals surface area contributed by atoms with E-state index in [4.69, 9.17) is 53.9 Å². The van der Waals surface area contributed by atoms with Gasteiger partial charge in [0.05, 0.1) is 76.0 Å². The van der Waals surface area contributed by atoms with Crippen LogP contribution in [0.1, 0.15) is 99.3 Å². The summed E-state index contributed by atoms with van der Waals surface area (Å²) in [6.07, 6.45) is 3.73. The first kappa shape index (κ1) is 64.4. The number of benzene rings is 3. The van der Waals surface area contributed by atoms with Gasteiger partial charge in [-0.25, -0.2) is 19.7 Å². The normalized spacial score (nSPS) is 16.7. The highest BCUT2D eigenvalue weighted by molar-refractivity contribution is 8.24. The molecule has 0 N–H and O–H groups in total. The largest absolute Gasteiger partial charge is 0.462 e. The SMILES string of the molecule is [C-]#[N+]C(C#N)=C1Sc2c(OC(=O)C3CCC(C(=O)Oc4ccc(COC(=O)CCC(=O)OCCOC(=O)C=C)cc4C)CC3)ccc(OC(=O)C3CCC(C(=O)Oc4ccc(COC(=O)CCC(=O)OCCOC(=O)C=C)cc4C)CC3)c2S1. The maximum Gasteiger partial charge on any atom is 0.330 e. The molecular weight excluding hydrogens is 1130 g/mol. The molecule has 24 heteroatoms. The zero-order valence-corrected chi connectivity index (χ0v) is 47.7. The van der Waals surface area contributed by atoms with Gasteiger partial charge in [0.1, 0.15) is 62.6 Å². The van der Waals surface area contributed by atoms with Crippen LogP contribution in [0.5, 0.6) is 23.0 Å². The van der Waals surface area contributed by atoms with Crippen LogP contribution in [0.2, 0.25) is 0 Å². The lowest BCUT2D eigenvalue weighted by Crippen LogP contribution is -2.30. The summed E-state index contributed by atoms with van der Waals surface area (Å²) in [6.45, 7) is 16.7. The molecule has 3 aromatic carbocycles. The Balaban J connectivity index is 0.935. The minimum Gasteiger partial charge on any atom is -0.462 e. The summed E-state index contributed by atoms with van der Waals surface area (Å²) in [5, 5.41) is 9.72. The first-order chi connectivity index (χ1) is 40.4. The summed E-state index contributed by atoms with van der Waals surface area (Å²) in [6, 6.07) is 14.7. The Labute approximate surface area is 492 Å². The van der Waals surface area contributed by atoms with Crippen molar-refractivity contribution in [1.29, 1.82) is 5.26 Å². The Hall–Kier alpha value is -8.74. The number of esters is 10. The van der Waals surface area contributed by atoms with Crippen molar-refractivity contribution in [2.75, 3.05) is 26.4 Å². The molecule has 0 unspecified atom stereocenters. The fourth-order valence-electron chi connectivity index (χ4n) is 8.77. The summed E-state index contributed by atoms with van der Waals surface area (Å²) in [5.41, 5.74) is 2.27. The molecule has 0 saturated heterocycles. The number of hydrogen-bond donors (Lipinski definition) is 0. The number of fused-ring (bicyclic) bond motifs is 1. The van der Waals surface area contributed by atoms with Crippen molar-refractivity contribution >= 4 is 83.2 Å². The zero-order valence-electron chi connectivity index (χ0n) is 46.1. The zero-order chi connectivity index (χ0) is 60.7. The molecule has 3 aromatic rings. The van der Waals surface area contributed by atoms with E-state index in [2.05, 4.69) is 18.0 Å². The molecule has 1 aliphatic heterocycles. The second-order valence-electron chi connectivity index (χ2n) is 19.3. The van der Waals surface area contributed by atoms with Crippen LogP contribution in [0.3, 0.4) is 0 Å². The first-order valence-electron chi connectivity index (χ1n) is 26.7. The number of carbonyl (C=O) groups excluding carboxylic acids is 10. The molecule has 22 nitrogen and oxygen atoms in total. The summed E-state index contributed by atoms with van der Waals surface area (Å²) in [7, 11) is 0. The van der Waals surface area contributed by atoms with E-state index in [9.17, 15) is 53.2 Å². The highest BCUT2D eigenvalue weighted by Crippen LogP contribution is 2.59. The van der Waals surface area contributed by atoms with Crippen molar-refractivity contribution in [1.82, 2.24) is 0 Å². The number of allylic oxidation sites excluding steroid dienone is 1. The Morgan fingerprint density at radius 3 is 1.13 bits per heavy atom. The van der Waals surface area contributed by atoms with Crippen LogP contribution in [0.4, 0.5) is 0 Å². The topological polar surface area (TPSA) is 291 Å². The van der Waals surface area contributed by atoms with Crippen LogP contribution in [0.25, 0.3) is 4.85 Å². The number of carbonyl (C=O) groups is 10. The van der Waals surface area contributed by atoms with Gasteiger partial charge in [-0.2, -0.15) is 0 Å². The molecule has 2 fully saturated rings. The lowest BCUT2D eigenvalue weighted by atomic mass is 9.82. The average molecular weight is 1190 g/mol. The number of nitrogens with zero attached hydrogens (tertiary/aromatic N) is 2. The van der Waals surface area contributed by atoms with Crippen molar-refractivity contribution in [2.24, 2.45) is 23.7 Å². The average Bonchev–Trinajstić information content (AvgIpc) is 3.18. The molecule has 2 aliphatic carbocycles. The molecule has 2 saturated carbocycles. The van der Waals surface area contributed by atoms with Crippen LogP contribution in [0.15, 0.2) is 93.6 Å². The Morgan fingerprint density at radius 1 is 0.512 bits per heavy atom. The molecule has 0 amide bonds. The van der Waals surface area contributed by atoms with Gasteiger partial charge in [-0.15, -0.1) is 0 Å². The quantitative estimate of drug-likeness (QED) is 0.0138. The summed E-state index contributed by atoms with van der Waals surface area (Å²) >= 11 is 2.10. The van der Waals surface area contributed by atoms with E-state index in [1.165, 1.54) is 12.1 Å². The molecule has 0 spiro atoms. The molecule has 442 valence electrons. The highest BCUT2D eigenvalue weighted by atomic mass is 32.2. The molecule has 1 heterocycles. The summed E-state index contributed by atoms with van der Waals surface area (Å²) < 4.78 is 53.5. The van der Waals surface area contributed by atoms with Gasteiger partial charge in [0.2, 0.25) is 0 Å². The van der Waals surface area contributed by atoms with Gasteiger partial charge in [-0.05, 0) is 124 Å². The number of aryl methyl sites for hydroxylation is 2. The molecule has 0 atom stereocenters. The summed E-state index contributed by atoms with van der Waals surface area (Å²) in [4.78, 5) is 128. The maximum absolute atomic E-state index is 13.7. The molecule has 3 aliphatic rings. The number of hydrogen-bond acceptors (Lipinski definition) is 23. The van der Waals surface area contributed by atoms with Crippen LogP contribution in [-0.2, 0) is 89.6 Å². The maximum atomic E-state index is 13.7. The van der Waals surface area contributed by atoms with Gasteiger partial charge in [0.25, 0.3) is 5.70 Å². The predicted octanol–water partition coefficient (Wildman–Crippen LogP) is 8.94. The molecule has 6 rings (SSSR count). The molecular formula is C60H60N2O20S2. The van der Waals surface area contributed by atoms with Crippen LogP contribution in [0, 0.1) is 55.4 Å². The van der Waals surface area contributed by atoms with E-state index < -0.39 is 83.4 Å². The third-order valence-corrected chi connectivity index (χ3v) is 15.9. The van der Waals surface area contributed by atoms with E-state index in [0.29, 0.717) is 99.1 Å². The van der Waals surface area contributed by atoms with Gasteiger partial charge in [0.15, 0.2) is 0 Å². The number of nitriles is 1. The van der Waals surface area contributed by atoms with E-state index in [1.54, 1.807) is 50.2 Å². The van der Waals surface area contributed by atoms with Crippen molar-refractivity contribution in [2.45, 2.75) is 114 Å². The molecule has 84 heavy (non-hydrogen) atoms. The van der Waals surface area contributed by atoms with Crippen molar-refractivity contribution in [3.05, 3.63) is 117 Å². The van der Waals surface area contributed by atoms with Gasteiger partial charge < -0.3 is 47.4 Å². The van der Waals surface area contributed by atoms with Crippen LogP contribution >= 0.6 is 23.5 Å². The third-order valence-electron chi connectivity index (χ3n) is 13.3. The first-order valence-corrected chi connectivity index (χ1v) is 28.3. The Kier molecular flexibility index (Phi) is 24.7. The fraction of sp³-hybridized carbons (Fsp3) is 0.400. The molecule has 0 radical (unpaired) electrons. The summed E-state index contributed by atoms with van der Waals surface area (Å²) in [5.74, 6) is -7.11. The standard InChI is InChI=1S/C60H60N2O20S2/c1-6-48(63)73-26-28-75-50(65)22-24-52(67)77-33-37-8-18-44(35(3)30-37)79-56(69)39-10-14-41(15-11-39)58(71)81-46-20-21-47(55-54(46)83-60(84-55)43(32-61)62-5)82-59(72)42-16-12-40(13-17-42)57(70)80-45-19-9-38(31-36(45)4)34-78-53(68)25-23-51(66)76-29-27-74-49(64)7-2/h6-9,18-21,30-31,39-42H,1-2,10-17,22-29,33-34H2,3-4H3. The molecule has 0 bridgehead atoms. The van der Waals surface area contributed by atoms with E-state index in [-0.39, 0.29) is 82.5 Å². The van der Waals surface area contributed by atoms with Crippen molar-refractivity contribution < 1.29 is 95.3 Å². The van der Waals surface area contributed by atoms with Gasteiger partial charge in [-0.1, -0.05) is 48.8 Å². The van der Waals surface area contributed by atoms with Gasteiger partial charge in [-0.3, -0.25) is 38.4 Å².